The zero-order valence-electron chi connectivity index (χ0n) is 11.6. The van der Waals surface area contributed by atoms with Gasteiger partial charge in [0.2, 0.25) is 0 Å². The van der Waals surface area contributed by atoms with Crippen molar-refractivity contribution < 1.29 is 5.11 Å². The highest BCUT2D eigenvalue weighted by Crippen LogP contribution is 2.30. The van der Waals surface area contributed by atoms with E-state index in [1.807, 2.05) is 48.7 Å². The second-order valence-corrected chi connectivity index (χ2v) is 4.94. The van der Waals surface area contributed by atoms with Gasteiger partial charge in [-0.25, -0.2) is 4.98 Å². The smallest absolute Gasteiger partial charge is 0.137 e. The standard InChI is InChI=1S/C16H17N3O/c1-3-13(20)16-15(12-6-8-17-9-7-12)18-14-5-4-11(2)10-19(14)16/h4-10,13,20H,3H2,1-2H3. The van der Waals surface area contributed by atoms with Crippen molar-refractivity contribution in [2.24, 2.45) is 0 Å². The monoisotopic (exact) mass is 267 g/mol. The van der Waals surface area contributed by atoms with Gasteiger partial charge >= 0.3 is 0 Å². The Labute approximate surface area is 117 Å². The summed E-state index contributed by atoms with van der Waals surface area (Å²) in [6, 6.07) is 7.84. The van der Waals surface area contributed by atoms with Crippen LogP contribution in [0.3, 0.4) is 0 Å². The van der Waals surface area contributed by atoms with Crippen molar-refractivity contribution in [2.45, 2.75) is 26.4 Å². The van der Waals surface area contributed by atoms with Crippen LogP contribution >= 0.6 is 0 Å². The van der Waals surface area contributed by atoms with Gasteiger partial charge < -0.3 is 9.51 Å². The zero-order chi connectivity index (χ0) is 14.1. The fourth-order valence-electron chi connectivity index (χ4n) is 2.40. The topological polar surface area (TPSA) is 50.4 Å². The number of aliphatic hydroxyl groups excluding tert-OH is 1. The highest BCUT2D eigenvalue weighted by molar-refractivity contribution is 5.66. The lowest BCUT2D eigenvalue weighted by Crippen LogP contribution is -2.02. The Morgan fingerprint density at radius 1 is 1.20 bits per heavy atom. The van der Waals surface area contributed by atoms with E-state index in [0.29, 0.717) is 6.42 Å². The third-order valence-electron chi connectivity index (χ3n) is 3.46. The highest BCUT2D eigenvalue weighted by atomic mass is 16.3. The van der Waals surface area contributed by atoms with Crippen molar-refractivity contribution in [1.82, 2.24) is 14.4 Å². The fraction of sp³-hybridized carbons (Fsp3) is 0.250. The minimum atomic E-state index is -0.532. The first kappa shape index (κ1) is 12.8. The quantitative estimate of drug-likeness (QED) is 0.793. The summed E-state index contributed by atoms with van der Waals surface area (Å²) in [5.41, 5.74) is 4.64. The van der Waals surface area contributed by atoms with Crippen molar-refractivity contribution in [1.29, 1.82) is 0 Å². The average molecular weight is 267 g/mol. The van der Waals surface area contributed by atoms with E-state index in [9.17, 15) is 5.11 Å². The zero-order valence-corrected chi connectivity index (χ0v) is 11.6. The Bertz CT molecular complexity index is 734. The van der Waals surface area contributed by atoms with Crippen LogP contribution < -0.4 is 0 Å². The van der Waals surface area contributed by atoms with Crippen molar-refractivity contribution in [3.05, 3.63) is 54.1 Å². The number of fused-ring (bicyclic) bond motifs is 1. The third-order valence-corrected chi connectivity index (χ3v) is 3.46. The molecule has 0 saturated heterocycles. The van der Waals surface area contributed by atoms with Crippen LogP contribution in [0.5, 0.6) is 0 Å². The summed E-state index contributed by atoms with van der Waals surface area (Å²) in [5, 5.41) is 10.4. The van der Waals surface area contributed by atoms with Gasteiger partial charge in [-0.05, 0) is 37.1 Å². The number of hydrogen-bond acceptors (Lipinski definition) is 3. The molecule has 3 rings (SSSR count). The number of imidazole rings is 1. The van der Waals surface area contributed by atoms with Crippen LogP contribution in [0.15, 0.2) is 42.9 Å². The number of hydrogen-bond donors (Lipinski definition) is 1. The first-order valence-corrected chi connectivity index (χ1v) is 6.77. The summed E-state index contributed by atoms with van der Waals surface area (Å²) < 4.78 is 1.99. The van der Waals surface area contributed by atoms with Crippen LogP contribution in [0.2, 0.25) is 0 Å². The molecule has 102 valence electrons. The molecule has 0 spiro atoms. The molecule has 0 aliphatic heterocycles. The van der Waals surface area contributed by atoms with Crippen LogP contribution in [0.4, 0.5) is 0 Å². The average Bonchev–Trinajstić information content (AvgIpc) is 2.86. The summed E-state index contributed by atoms with van der Waals surface area (Å²) in [4.78, 5) is 8.70. The molecule has 0 aliphatic rings. The molecule has 1 atom stereocenters. The second-order valence-electron chi connectivity index (χ2n) is 4.94. The molecule has 4 nitrogen and oxygen atoms in total. The lowest BCUT2D eigenvalue weighted by atomic mass is 10.1. The van der Waals surface area contributed by atoms with Crippen LogP contribution in [0.1, 0.15) is 30.7 Å². The number of nitrogens with zero attached hydrogens (tertiary/aromatic N) is 3. The summed E-state index contributed by atoms with van der Waals surface area (Å²) in [5.74, 6) is 0. The Morgan fingerprint density at radius 2 is 1.95 bits per heavy atom. The molecule has 1 N–H and O–H groups in total. The minimum Gasteiger partial charge on any atom is -0.387 e. The maximum atomic E-state index is 10.4. The van der Waals surface area contributed by atoms with Gasteiger partial charge in [0.25, 0.3) is 0 Å². The molecule has 0 aliphatic carbocycles. The van der Waals surface area contributed by atoms with E-state index in [1.165, 1.54) is 0 Å². The molecular formula is C16H17N3O. The third kappa shape index (κ3) is 2.08. The molecule has 0 fully saturated rings. The van der Waals surface area contributed by atoms with Gasteiger partial charge in [0.05, 0.1) is 17.5 Å². The molecule has 0 amide bonds. The molecule has 0 aromatic carbocycles. The van der Waals surface area contributed by atoms with Crippen molar-refractivity contribution in [3.8, 4) is 11.3 Å². The summed E-state index contributed by atoms with van der Waals surface area (Å²) >= 11 is 0. The van der Waals surface area contributed by atoms with Crippen molar-refractivity contribution >= 4 is 5.65 Å². The Morgan fingerprint density at radius 3 is 2.65 bits per heavy atom. The molecular weight excluding hydrogens is 250 g/mol. The summed E-state index contributed by atoms with van der Waals surface area (Å²) in [6.45, 7) is 4.00. The normalized spacial score (nSPS) is 12.8. The molecule has 3 aromatic heterocycles. The van der Waals surface area contributed by atoms with Crippen LogP contribution in [-0.4, -0.2) is 19.5 Å². The van der Waals surface area contributed by atoms with Gasteiger partial charge in [-0.3, -0.25) is 4.98 Å². The molecule has 3 heterocycles. The maximum Gasteiger partial charge on any atom is 0.137 e. The second kappa shape index (κ2) is 5.06. The molecule has 4 heteroatoms. The Kier molecular flexibility index (Phi) is 3.24. The Balaban J connectivity index is 2.31. The first-order chi connectivity index (χ1) is 9.70. The molecule has 0 saturated carbocycles. The van der Waals surface area contributed by atoms with Gasteiger partial charge in [0.1, 0.15) is 5.65 Å². The minimum absolute atomic E-state index is 0.532. The molecule has 1 unspecified atom stereocenters. The van der Waals surface area contributed by atoms with E-state index in [1.54, 1.807) is 12.4 Å². The van der Waals surface area contributed by atoms with E-state index in [-0.39, 0.29) is 0 Å². The maximum absolute atomic E-state index is 10.4. The fourth-order valence-corrected chi connectivity index (χ4v) is 2.40. The number of aliphatic hydroxyl groups is 1. The number of pyridine rings is 2. The summed E-state index contributed by atoms with van der Waals surface area (Å²) in [7, 11) is 0. The predicted molar refractivity (Wildman–Crippen MR) is 78.4 cm³/mol. The lowest BCUT2D eigenvalue weighted by molar-refractivity contribution is 0.168. The number of aromatic nitrogens is 3. The van der Waals surface area contributed by atoms with Gasteiger partial charge in [0, 0.05) is 24.2 Å². The summed E-state index contributed by atoms with van der Waals surface area (Å²) in [6.07, 6.45) is 5.62. The van der Waals surface area contributed by atoms with E-state index < -0.39 is 6.10 Å². The van der Waals surface area contributed by atoms with E-state index >= 15 is 0 Å². The van der Waals surface area contributed by atoms with Crippen LogP contribution in [0.25, 0.3) is 16.9 Å². The molecule has 0 radical (unpaired) electrons. The lowest BCUT2D eigenvalue weighted by Gasteiger charge is -2.11. The predicted octanol–water partition coefficient (Wildman–Crippen LogP) is 3.15. The van der Waals surface area contributed by atoms with Gasteiger partial charge in [-0.15, -0.1) is 0 Å². The van der Waals surface area contributed by atoms with E-state index in [0.717, 1.165) is 28.2 Å². The Hall–Kier alpha value is -2.20. The van der Waals surface area contributed by atoms with Crippen molar-refractivity contribution in [2.75, 3.05) is 0 Å². The van der Waals surface area contributed by atoms with Crippen LogP contribution in [0, 0.1) is 6.92 Å². The first-order valence-electron chi connectivity index (χ1n) is 6.77. The van der Waals surface area contributed by atoms with E-state index in [4.69, 9.17) is 0 Å². The van der Waals surface area contributed by atoms with Crippen LogP contribution in [-0.2, 0) is 0 Å². The highest BCUT2D eigenvalue weighted by Gasteiger charge is 2.19. The van der Waals surface area contributed by atoms with Gasteiger partial charge in [-0.2, -0.15) is 0 Å². The van der Waals surface area contributed by atoms with E-state index in [2.05, 4.69) is 9.97 Å². The molecule has 0 bridgehead atoms. The van der Waals surface area contributed by atoms with Gasteiger partial charge in [-0.1, -0.05) is 13.0 Å². The number of aryl methyl sites for hydroxylation is 1. The number of rotatable bonds is 3. The molecule has 3 aromatic rings. The van der Waals surface area contributed by atoms with Crippen molar-refractivity contribution in [3.63, 3.8) is 0 Å². The van der Waals surface area contributed by atoms with Gasteiger partial charge in [0.15, 0.2) is 0 Å². The molecule has 20 heavy (non-hydrogen) atoms. The largest absolute Gasteiger partial charge is 0.387 e. The SMILES string of the molecule is CCC(O)c1c(-c2ccncc2)nc2ccc(C)cn12.